The van der Waals surface area contributed by atoms with E-state index in [1.165, 1.54) is 36.5 Å². The minimum Gasteiger partial charge on any atom is -0.262 e. The van der Waals surface area contributed by atoms with Gasteiger partial charge in [-0.25, -0.2) is 17.2 Å². The second-order valence-corrected chi connectivity index (χ2v) is 6.94. The highest BCUT2D eigenvalue weighted by Crippen LogP contribution is 2.27. The average molecular weight is 351 g/mol. The lowest BCUT2D eigenvalue weighted by atomic mass is 10.1. The number of rotatable bonds is 6. The van der Waals surface area contributed by atoms with Crippen molar-refractivity contribution in [2.75, 3.05) is 13.2 Å². The molecule has 0 fully saturated rings. The van der Waals surface area contributed by atoms with Crippen LogP contribution in [0, 0.1) is 17.1 Å². The molecular weight excluding hydrogens is 336 g/mol. The van der Waals surface area contributed by atoms with Crippen molar-refractivity contribution in [2.45, 2.75) is 17.9 Å². The van der Waals surface area contributed by atoms with Crippen molar-refractivity contribution in [3.63, 3.8) is 0 Å². The number of alkyl halides is 1. The van der Waals surface area contributed by atoms with E-state index >= 15 is 0 Å². The van der Waals surface area contributed by atoms with E-state index in [1.54, 1.807) is 6.92 Å². The molecule has 8 heteroatoms. The maximum absolute atomic E-state index is 13.1. The second-order valence-electron chi connectivity index (χ2n) is 5.05. The van der Waals surface area contributed by atoms with Gasteiger partial charge >= 0.3 is 0 Å². The zero-order valence-electron chi connectivity index (χ0n) is 12.9. The van der Waals surface area contributed by atoms with Crippen LogP contribution in [-0.2, 0) is 10.0 Å². The van der Waals surface area contributed by atoms with Gasteiger partial charge in [-0.3, -0.25) is 4.98 Å². The van der Waals surface area contributed by atoms with Crippen LogP contribution >= 0.6 is 0 Å². The van der Waals surface area contributed by atoms with Gasteiger partial charge in [0.15, 0.2) is 0 Å². The van der Waals surface area contributed by atoms with Gasteiger partial charge < -0.3 is 0 Å². The minimum atomic E-state index is -4.07. The summed E-state index contributed by atoms with van der Waals surface area (Å²) in [7, 11) is -4.07. The first-order valence-corrected chi connectivity index (χ1v) is 8.52. The fourth-order valence-corrected chi connectivity index (χ4v) is 3.86. The molecule has 0 aliphatic carbocycles. The number of benzene rings is 1. The zero-order chi connectivity index (χ0) is 17.7. The van der Waals surface area contributed by atoms with Gasteiger partial charge in [0.25, 0.3) is 0 Å². The number of nitriles is 1. The molecule has 1 heterocycles. The summed E-state index contributed by atoms with van der Waals surface area (Å²) in [5, 5.41) is 8.89. The van der Waals surface area contributed by atoms with Crippen molar-refractivity contribution in [2.24, 2.45) is 0 Å². The van der Waals surface area contributed by atoms with Crippen LogP contribution in [-0.4, -0.2) is 30.9 Å². The average Bonchev–Trinajstić information content (AvgIpc) is 2.59. The van der Waals surface area contributed by atoms with Gasteiger partial charge in [-0.2, -0.15) is 9.57 Å². The van der Waals surface area contributed by atoms with E-state index in [9.17, 15) is 17.2 Å². The quantitative estimate of drug-likeness (QED) is 0.802. The lowest BCUT2D eigenvalue weighted by Crippen LogP contribution is -2.35. The molecule has 2 aromatic rings. The van der Waals surface area contributed by atoms with Gasteiger partial charge in [-0.1, -0.05) is 12.1 Å². The zero-order valence-corrected chi connectivity index (χ0v) is 13.7. The highest BCUT2D eigenvalue weighted by Gasteiger charge is 2.30. The third kappa shape index (κ3) is 3.75. The number of halogens is 2. The number of nitrogens with zero attached hydrogens (tertiary/aromatic N) is 3. The first-order chi connectivity index (χ1) is 11.4. The Morgan fingerprint density at radius 3 is 2.54 bits per heavy atom. The minimum absolute atomic E-state index is 0.0886. The van der Waals surface area contributed by atoms with Crippen LogP contribution in [0.4, 0.5) is 8.78 Å². The van der Waals surface area contributed by atoms with E-state index in [1.807, 2.05) is 6.07 Å². The van der Waals surface area contributed by atoms with Crippen LogP contribution in [0.2, 0.25) is 0 Å². The van der Waals surface area contributed by atoms with Gasteiger partial charge in [0.2, 0.25) is 10.0 Å². The smallest absolute Gasteiger partial charge is 0.245 e. The largest absolute Gasteiger partial charge is 0.262 e. The van der Waals surface area contributed by atoms with Gasteiger partial charge in [-0.05, 0) is 30.7 Å². The maximum Gasteiger partial charge on any atom is 0.245 e. The van der Waals surface area contributed by atoms with Crippen molar-refractivity contribution < 1.29 is 17.2 Å². The number of hydrogen-bond acceptors (Lipinski definition) is 4. The van der Waals surface area contributed by atoms with Crippen molar-refractivity contribution >= 4 is 10.0 Å². The molecule has 0 unspecified atom stereocenters. The van der Waals surface area contributed by atoms with Crippen LogP contribution in [0.5, 0.6) is 0 Å². The van der Waals surface area contributed by atoms with E-state index in [0.717, 1.165) is 10.5 Å². The van der Waals surface area contributed by atoms with Crippen LogP contribution in [0.15, 0.2) is 47.6 Å². The molecule has 0 aliphatic rings. The van der Waals surface area contributed by atoms with E-state index in [0.29, 0.717) is 5.56 Å². The second kappa shape index (κ2) is 7.47. The summed E-state index contributed by atoms with van der Waals surface area (Å²) in [4.78, 5) is 3.55. The summed E-state index contributed by atoms with van der Waals surface area (Å²) in [6, 6.07) is 7.61. The van der Waals surface area contributed by atoms with E-state index in [4.69, 9.17) is 5.26 Å². The summed E-state index contributed by atoms with van der Waals surface area (Å²) < 4.78 is 52.6. The molecule has 24 heavy (non-hydrogen) atoms. The molecule has 5 nitrogen and oxygen atoms in total. The predicted octanol–water partition coefficient (Wildman–Crippen LogP) is 2.81. The number of sulfonamides is 1. The third-order valence-corrected chi connectivity index (χ3v) is 5.47. The highest BCUT2D eigenvalue weighted by atomic mass is 32.2. The number of pyridine rings is 1. The highest BCUT2D eigenvalue weighted by molar-refractivity contribution is 7.89. The van der Waals surface area contributed by atoms with Gasteiger partial charge in [0.05, 0.1) is 5.56 Å². The van der Waals surface area contributed by atoms with Gasteiger partial charge in [0.1, 0.15) is 23.5 Å². The van der Waals surface area contributed by atoms with Crippen molar-refractivity contribution in [1.29, 1.82) is 5.26 Å². The van der Waals surface area contributed by atoms with E-state index in [-0.39, 0.29) is 17.0 Å². The molecule has 0 amide bonds. The Labute approximate surface area is 139 Å². The number of aromatic nitrogens is 1. The molecule has 0 radical (unpaired) electrons. The standard InChI is InChI=1S/C16H15F2N3O2S/c1-12(14-2-4-15(18)5-3-14)21(7-6-17)24(22,23)16-8-13(9-19)10-20-11-16/h2-5,8,10-12H,6-7H2,1H3/t12-/m0/s1. The molecule has 1 aromatic heterocycles. The van der Waals surface area contributed by atoms with Gasteiger partial charge in [-0.15, -0.1) is 0 Å². The molecule has 0 saturated heterocycles. The maximum atomic E-state index is 13.1. The molecule has 126 valence electrons. The molecule has 0 spiro atoms. The predicted molar refractivity (Wildman–Crippen MR) is 83.6 cm³/mol. The fraction of sp³-hybridized carbons (Fsp3) is 0.250. The third-order valence-electron chi connectivity index (χ3n) is 3.54. The normalized spacial score (nSPS) is 12.8. The molecule has 1 aromatic carbocycles. The Morgan fingerprint density at radius 2 is 1.96 bits per heavy atom. The summed E-state index contributed by atoms with van der Waals surface area (Å²) in [5.41, 5.74) is 0.614. The molecule has 0 saturated carbocycles. The molecule has 2 rings (SSSR count). The summed E-state index contributed by atoms with van der Waals surface area (Å²) in [6.07, 6.45) is 2.35. The first kappa shape index (κ1) is 18.0. The van der Waals surface area contributed by atoms with Crippen LogP contribution in [0.3, 0.4) is 0 Å². The Balaban J connectivity index is 2.44. The monoisotopic (exact) mass is 351 g/mol. The Bertz CT molecular complexity index is 848. The molecule has 0 N–H and O–H groups in total. The molecule has 1 atom stereocenters. The Kier molecular flexibility index (Phi) is 5.59. The van der Waals surface area contributed by atoms with Crippen LogP contribution in [0.25, 0.3) is 0 Å². The first-order valence-electron chi connectivity index (χ1n) is 7.08. The number of hydrogen-bond donors (Lipinski definition) is 0. The van der Waals surface area contributed by atoms with Crippen molar-refractivity contribution in [3.8, 4) is 6.07 Å². The molecule has 0 aliphatic heterocycles. The summed E-state index contributed by atoms with van der Waals surface area (Å²) in [6.45, 7) is 0.343. The van der Waals surface area contributed by atoms with Crippen molar-refractivity contribution in [3.05, 3.63) is 59.7 Å². The topological polar surface area (TPSA) is 74.1 Å². The summed E-state index contributed by atoms with van der Waals surface area (Å²) >= 11 is 0. The van der Waals surface area contributed by atoms with Crippen LogP contribution in [0.1, 0.15) is 24.1 Å². The van der Waals surface area contributed by atoms with Crippen LogP contribution < -0.4 is 0 Å². The summed E-state index contributed by atoms with van der Waals surface area (Å²) in [5.74, 6) is -0.447. The molecular formula is C16H15F2N3O2S. The molecule has 0 bridgehead atoms. The Morgan fingerprint density at radius 1 is 1.29 bits per heavy atom. The van der Waals surface area contributed by atoms with E-state index in [2.05, 4.69) is 4.98 Å². The van der Waals surface area contributed by atoms with Crippen molar-refractivity contribution in [1.82, 2.24) is 9.29 Å². The van der Waals surface area contributed by atoms with E-state index < -0.39 is 28.6 Å². The van der Waals surface area contributed by atoms with Gasteiger partial charge in [0, 0.05) is 25.0 Å². The lowest BCUT2D eigenvalue weighted by Gasteiger charge is -2.27. The fourth-order valence-electron chi connectivity index (χ4n) is 2.27. The SMILES string of the molecule is C[C@@H](c1ccc(F)cc1)N(CCF)S(=O)(=O)c1cncc(C#N)c1. The Hall–Kier alpha value is -2.37. The lowest BCUT2D eigenvalue weighted by molar-refractivity contribution is 0.306.